The fourth-order valence-electron chi connectivity index (χ4n) is 2.33. The number of hydrogen-bond acceptors (Lipinski definition) is 3. The van der Waals surface area contributed by atoms with Crippen molar-refractivity contribution in [2.75, 3.05) is 44.6 Å². The number of carbonyl (C=O) groups is 2. The van der Waals surface area contributed by atoms with Crippen LogP contribution in [0.25, 0.3) is 0 Å². The molecule has 25 heavy (non-hydrogen) atoms. The number of urea groups is 1. The Labute approximate surface area is 141 Å². The van der Waals surface area contributed by atoms with Crippen molar-refractivity contribution in [2.45, 2.75) is 6.18 Å². The van der Waals surface area contributed by atoms with Crippen LogP contribution in [0.4, 0.5) is 28.0 Å². The molecule has 1 aliphatic heterocycles. The number of piperazine rings is 1. The van der Waals surface area contributed by atoms with Crippen LogP contribution in [0.15, 0.2) is 24.3 Å². The van der Waals surface area contributed by atoms with E-state index >= 15 is 0 Å². The minimum atomic E-state index is -4.45. The third kappa shape index (κ3) is 6.57. The van der Waals surface area contributed by atoms with E-state index in [1.165, 1.54) is 29.2 Å². The van der Waals surface area contributed by atoms with Gasteiger partial charge in [-0.2, -0.15) is 13.2 Å². The number of alkyl halides is 3. The highest BCUT2D eigenvalue weighted by Crippen LogP contribution is 2.13. The maximum Gasteiger partial charge on any atom is 0.405 e. The summed E-state index contributed by atoms with van der Waals surface area (Å²) in [7, 11) is 0. The van der Waals surface area contributed by atoms with Crippen molar-refractivity contribution < 1.29 is 27.2 Å². The normalized spacial score (nSPS) is 15.8. The van der Waals surface area contributed by atoms with Gasteiger partial charge in [0.2, 0.25) is 5.91 Å². The molecule has 1 aliphatic rings. The Hall–Kier alpha value is -2.36. The molecule has 0 unspecified atom stereocenters. The van der Waals surface area contributed by atoms with Crippen LogP contribution in [0.5, 0.6) is 0 Å². The Balaban J connectivity index is 1.71. The van der Waals surface area contributed by atoms with Gasteiger partial charge in [-0.05, 0) is 24.3 Å². The highest BCUT2D eigenvalue weighted by atomic mass is 19.4. The zero-order chi connectivity index (χ0) is 18.4. The molecule has 1 aromatic carbocycles. The predicted molar refractivity (Wildman–Crippen MR) is 82.5 cm³/mol. The zero-order valence-electron chi connectivity index (χ0n) is 13.3. The predicted octanol–water partition coefficient (Wildman–Crippen LogP) is 1.65. The van der Waals surface area contributed by atoms with Crippen LogP contribution in [0.1, 0.15) is 0 Å². The van der Waals surface area contributed by atoms with Gasteiger partial charge in [0.15, 0.2) is 0 Å². The van der Waals surface area contributed by atoms with E-state index in [1.54, 1.807) is 4.90 Å². The topological polar surface area (TPSA) is 64.7 Å². The first kappa shape index (κ1) is 19.0. The highest BCUT2D eigenvalue weighted by molar-refractivity contribution is 5.92. The number of rotatable bonds is 4. The van der Waals surface area contributed by atoms with Crippen LogP contribution in [0, 0.1) is 5.82 Å². The van der Waals surface area contributed by atoms with E-state index in [2.05, 4.69) is 5.32 Å². The Morgan fingerprint density at radius 1 is 1.04 bits per heavy atom. The Morgan fingerprint density at radius 2 is 1.64 bits per heavy atom. The van der Waals surface area contributed by atoms with Crippen molar-refractivity contribution in [1.29, 1.82) is 0 Å². The molecule has 138 valence electrons. The molecular formula is C15H18F4N4O2. The maximum absolute atomic E-state index is 12.8. The van der Waals surface area contributed by atoms with Crippen molar-refractivity contribution in [3.8, 4) is 0 Å². The van der Waals surface area contributed by atoms with Crippen molar-refractivity contribution in [3.63, 3.8) is 0 Å². The van der Waals surface area contributed by atoms with Crippen LogP contribution in [-0.2, 0) is 4.79 Å². The molecule has 1 heterocycles. The van der Waals surface area contributed by atoms with Gasteiger partial charge in [0.25, 0.3) is 0 Å². The standard InChI is InChI=1S/C15H18F4N4O2/c16-11-1-3-12(4-2-11)21-13(24)9-22-5-7-23(8-6-22)14(25)20-10-15(17,18)19/h1-4H,5-10H2,(H,20,25)(H,21,24). The second kappa shape index (κ2) is 8.15. The Kier molecular flexibility index (Phi) is 6.18. The number of nitrogens with one attached hydrogen (secondary N) is 2. The molecule has 0 aromatic heterocycles. The van der Waals surface area contributed by atoms with Crippen LogP contribution < -0.4 is 10.6 Å². The van der Waals surface area contributed by atoms with Gasteiger partial charge in [-0.25, -0.2) is 9.18 Å². The lowest BCUT2D eigenvalue weighted by Gasteiger charge is -2.34. The summed E-state index contributed by atoms with van der Waals surface area (Å²) < 4.78 is 49.0. The van der Waals surface area contributed by atoms with Crippen molar-refractivity contribution in [3.05, 3.63) is 30.1 Å². The lowest BCUT2D eigenvalue weighted by molar-refractivity contribution is -0.123. The number of halogens is 4. The van der Waals surface area contributed by atoms with Gasteiger partial charge in [-0.1, -0.05) is 0 Å². The second-order valence-corrected chi connectivity index (χ2v) is 5.59. The Morgan fingerprint density at radius 3 is 2.20 bits per heavy atom. The van der Waals surface area contributed by atoms with Crippen LogP contribution in [-0.4, -0.2) is 67.2 Å². The molecule has 10 heteroatoms. The summed E-state index contributed by atoms with van der Waals surface area (Å²) in [5.41, 5.74) is 0.469. The largest absolute Gasteiger partial charge is 0.405 e. The molecule has 0 saturated carbocycles. The number of benzene rings is 1. The first-order chi connectivity index (χ1) is 11.7. The molecular weight excluding hydrogens is 344 g/mol. The maximum atomic E-state index is 12.8. The van der Waals surface area contributed by atoms with Gasteiger partial charge in [-0.3, -0.25) is 9.69 Å². The third-order valence-electron chi connectivity index (χ3n) is 3.59. The number of amides is 3. The molecule has 0 bridgehead atoms. The molecule has 1 aromatic rings. The third-order valence-corrected chi connectivity index (χ3v) is 3.59. The molecule has 6 nitrogen and oxygen atoms in total. The molecule has 0 aliphatic carbocycles. The lowest BCUT2D eigenvalue weighted by atomic mass is 10.3. The summed E-state index contributed by atoms with van der Waals surface area (Å²) in [6, 6.07) is 4.57. The molecule has 1 saturated heterocycles. The quantitative estimate of drug-likeness (QED) is 0.801. The van der Waals surface area contributed by atoms with Gasteiger partial charge >= 0.3 is 12.2 Å². The van der Waals surface area contributed by atoms with E-state index in [-0.39, 0.29) is 25.5 Å². The van der Waals surface area contributed by atoms with E-state index < -0.39 is 24.6 Å². The lowest BCUT2D eigenvalue weighted by Crippen LogP contribution is -2.53. The summed E-state index contributed by atoms with van der Waals surface area (Å²) >= 11 is 0. The first-order valence-corrected chi connectivity index (χ1v) is 7.60. The highest BCUT2D eigenvalue weighted by Gasteiger charge is 2.29. The summed E-state index contributed by atoms with van der Waals surface area (Å²) in [4.78, 5) is 26.6. The molecule has 3 amide bonds. The van der Waals surface area contributed by atoms with Gasteiger partial charge in [0.05, 0.1) is 6.54 Å². The van der Waals surface area contributed by atoms with Crippen molar-refractivity contribution in [1.82, 2.24) is 15.1 Å². The van der Waals surface area contributed by atoms with Gasteiger partial charge < -0.3 is 15.5 Å². The fourth-order valence-corrected chi connectivity index (χ4v) is 2.33. The van der Waals surface area contributed by atoms with E-state index in [0.29, 0.717) is 18.8 Å². The van der Waals surface area contributed by atoms with E-state index in [4.69, 9.17) is 0 Å². The number of anilines is 1. The second-order valence-electron chi connectivity index (χ2n) is 5.59. The minimum absolute atomic E-state index is 0.0788. The summed E-state index contributed by atoms with van der Waals surface area (Å²) in [6.07, 6.45) is -4.45. The van der Waals surface area contributed by atoms with Crippen LogP contribution >= 0.6 is 0 Å². The van der Waals surface area contributed by atoms with E-state index in [9.17, 15) is 27.2 Å². The molecule has 2 N–H and O–H groups in total. The number of nitrogens with zero attached hydrogens (tertiary/aromatic N) is 2. The summed E-state index contributed by atoms with van der Waals surface area (Å²) in [5, 5.41) is 4.44. The number of carbonyl (C=O) groups excluding carboxylic acids is 2. The monoisotopic (exact) mass is 362 g/mol. The molecule has 1 fully saturated rings. The van der Waals surface area contributed by atoms with Gasteiger partial charge in [0, 0.05) is 31.9 Å². The zero-order valence-corrected chi connectivity index (χ0v) is 13.3. The molecule has 0 spiro atoms. The van der Waals surface area contributed by atoms with Gasteiger partial charge in [-0.15, -0.1) is 0 Å². The SMILES string of the molecule is O=C(CN1CCN(C(=O)NCC(F)(F)F)CC1)Nc1ccc(F)cc1. The fraction of sp³-hybridized carbons (Fsp3) is 0.467. The molecule has 0 radical (unpaired) electrons. The average molecular weight is 362 g/mol. The summed E-state index contributed by atoms with van der Waals surface area (Å²) in [5.74, 6) is -0.695. The Bertz CT molecular complexity index is 599. The number of hydrogen-bond donors (Lipinski definition) is 2. The van der Waals surface area contributed by atoms with Crippen molar-refractivity contribution in [2.24, 2.45) is 0 Å². The minimum Gasteiger partial charge on any atom is -0.329 e. The first-order valence-electron chi connectivity index (χ1n) is 7.60. The van der Waals surface area contributed by atoms with Crippen LogP contribution in [0.2, 0.25) is 0 Å². The van der Waals surface area contributed by atoms with Gasteiger partial charge in [0.1, 0.15) is 12.4 Å². The smallest absolute Gasteiger partial charge is 0.329 e. The van der Waals surface area contributed by atoms with E-state index in [1.807, 2.05) is 5.32 Å². The average Bonchev–Trinajstić information content (AvgIpc) is 2.55. The van der Waals surface area contributed by atoms with Crippen molar-refractivity contribution >= 4 is 17.6 Å². The molecule has 2 rings (SSSR count). The van der Waals surface area contributed by atoms with Crippen LogP contribution in [0.3, 0.4) is 0 Å². The van der Waals surface area contributed by atoms with E-state index in [0.717, 1.165) is 0 Å². The summed E-state index contributed by atoms with van der Waals surface area (Å²) in [6.45, 7) is -0.0882. The molecule has 0 atom stereocenters.